The van der Waals surface area contributed by atoms with E-state index < -0.39 is 0 Å². The van der Waals surface area contributed by atoms with Crippen molar-refractivity contribution in [2.45, 2.75) is 13.0 Å². The zero-order chi connectivity index (χ0) is 13.8. The summed E-state index contributed by atoms with van der Waals surface area (Å²) >= 11 is 0. The summed E-state index contributed by atoms with van der Waals surface area (Å²) in [7, 11) is 0. The first-order chi connectivity index (χ1) is 9.83. The van der Waals surface area contributed by atoms with E-state index in [1.54, 1.807) is 18.3 Å². The Bertz CT molecular complexity index is 634. The molecule has 1 aromatic heterocycles. The molecule has 0 bridgehead atoms. The van der Waals surface area contributed by atoms with E-state index >= 15 is 0 Å². The molecule has 2 aromatic rings. The van der Waals surface area contributed by atoms with Crippen molar-refractivity contribution in [1.29, 1.82) is 0 Å². The highest BCUT2D eigenvalue weighted by atomic mass is 16.1. The summed E-state index contributed by atoms with van der Waals surface area (Å²) in [6.07, 6.45) is 6.15. The molecule has 0 saturated carbocycles. The molecule has 0 spiro atoms. The summed E-state index contributed by atoms with van der Waals surface area (Å²) in [5.41, 5.74) is 3.24. The van der Waals surface area contributed by atoms with E-state index in [9.17, 15) is 4.79 Å². The van der Waals surface area contributed by atoms with Crippen LogP contribution in [-0.4, -0.2) is 22.2 Å². The third-order valence-electron chi connectivity index (χ3n) is 3.51. The summed E-state index contributed by atoms with van der Waals surface area (Å²) in [5, 5.41) is 0. The second-order valence-electron chi connectivity index (χ2n) is 4.88. The molecule has 3 nitrogen and oxygen atoms in total. The Hall–Kier alpha value is -2.42. The molecular weight excluding hydrogens is 248 g/mol. The highest BCUT2D eigenvalue weighted by Gasteiger charge is 2.12. The molecule has 100 valence electrons. The zero-order valence-electron chi connectivity index (χ0n) is 11.2. The third-order valence-corrected chi connectivity index (χ3v) is 3.51. The number of carbonyl (C=O) groups is 1. The Morgan fingerprint density at radius 2 is 1.90 bits per heavy atom. The maximum Gasteiger partial charge on any atom is 0.205 e. The van der Waals surface area contributed by atoms with Crippen LogP contribution in [0.4, 0.5) is 0 Å². The van der Waals surface area contributed by atoms with Gasteiger partial charge in [0.05, 0.1) is 0 Å². The van der Waals surface area contributed by atoms with Crippen molar-refractivity contribution in [2.75, 3.05) is 6.54 Å². The summed E-state index contributed by atoms with van der Waals surface area (Å²) in [6, 6.07) is 13.8. The van der Waals surface area contributed by atoms with Crippen molar-refractivity contribution in [3.63, 3.8) is 0 Å². The molecule has 1 aliphatic heterocycles. The number of hydrogen-bond acceptors (Lipinski definition) is 3. The van der Waals surface area contributed by atoms with Gasteiger partial charge < -0.3 is 4.90 Å². The number of aromatic nitrogens is 1. The largest absolute Gasteiger partial charge is 0.373 e. The summed E-state index contributed by atoms with van der Waals surface area (Å²) in [6.45, 7) is 1.81. The van der Waals surface area contributed by atoms with Gasteiger partial charge in [0.15, 0.2) is 0 Å². The molecule has 2 heterocycles. The van der Waals surface area contributed by atoms with Crippen molar-refractivity contribution < 1.29 is 4.79 Å². The van der Waals surface area contributed by atoms with E-state index in [1.165, 1.54) is 11.1 Å². The monoisotopic (exact) mass is 264 g/mol. The minimum Gasteiger partial charge on any atom is -0.373 e. The number of allylic oxidation sites excluding steroid dienone is 1. The van der Waals surface area contributed by atoms with Crippen LogP contribution in [0.5, 0.6) is 0 Å². The lowest BCUT2D eigenvalue weighted by Gasteiger charge is -2.27. The number of carbonyl (C=O) groups excluding carboxylic acids is 1. The molecule has 20 heavy (non-hydrogen) atoms. The van der Waals surface area contributed by atoms with Crippen LogP contribution in [0.1, 0.15) is 21.6 Å². The number of fused-ring (bicyclic) bond motifs is 1. The van der Waals surface area contributed by atoms with Crippen molar-refractivity contribution in [3.8, 4) is 0 Å². The number of hydrogen-bond donors (Lipinski definition) is 0. The van der Waals surface area contributed by atoms with Gasteiger partial charge in [-0.05, 0) is 29.7 Å². The summed E-state index contributed by atoms with van der Waals surface area (Å²) in [4.78, 5) is 18.2. The first-order valence-corrected chi connectivity index (χ1v) is 6.77. The fraction of sp³-hybridized carbons (Fsp3) is 0.176. The van der Waals surface area contributed by atoms with Gasteiger partial charge >= 0.3 is 0 Å². The first-order valence-electron chi connectivity index (χ1n) is 6.77. The molecule has 0 radical (unpaired) electrons. The van der Waals surface area contributed by atoms with E-state index in [1.807, 2.05) is 18.3 Å². The molecule has 0 amide bonds. The van der Waals surface area contributed by atoms with E-state index in [4.69, 9.17) is 0 Å². The van der Waals surface area contributed by atoms with Crippen molar-refractivity contribution in [3.05, 3.63) is 77.8 Å². The molecule has 1 aliphatic rings. The lowest BCUT2D eigenvalue weighted by molar-refractivity contribution is 0.104. The standard InChI is InChI=1S/C17H16N2O/c20-17(16-7-3-4-10-18-16)9-12-19-11-8-14-5-1-2-6-15(14)13-19/h1-7,9-10,12H,8,11,13H2/b12-9+. The molecule has 1 aromatic carbocycles. The van der Waals surface area contributed by atoms with E-state index in [0.717, 1.165) is 19.5 Å². The number of nitrogens with zero attached hydrogens (tertiary/aromatic N) is 2. The average Bonchev–Trinajstić information content (AvgIpc) is 2.53. The van der Waals surface area contributed by atoms with Gasteiger partial charge in [0.2, 0.25) is 5.78 Å². The molecule has 3 rings (SSSR count). The van der Waals surface area contributed by atoms with Crippen LogP contribution in [0.2, 0.25) is 0 Å². The van der Waals surface area contributed by atoms with Crippen molar-refractivity contribution >= 4 is 5.78 Å². The number of pyridine rings is 1. The Labute approximate surface area is 118 Å². The van der Waals surface area contributed by atoms with Crippen molar-refractivity contribution in [1.82, 2.24) is 9.88 Å². The lowest BCUT2D eigenvalue weighted by Crippen LogP contribution is -2.25. The second-order valence-corrected chi connectivity index (χ2v) is 4.88. The number of benzene rings is 1. The van der Waals surface area contributed by atoms with Crippen LogP contribution in [0.3, 0.4) is 0 Å². The van der Waals surface area contributed by atoms with Crippen LogP contribution in [-0.2, 0) is 13.0 Å². The molecule has 0 fully saturated rings. The molecule has 0 unspecified atom stereocenters. The first kappa shape index (κ1) is 12.6. The Morgan fingerprint density at radius 3 is 2.70 bits per heavy atom. The SMILES string of the molecule is O=C(/C=C/N1CCc2ccccc2C1)c1ccccn1. The molecule has 0 aliphatic carbocycles. The van der Waals surface area contributed by atoms with Gasteiger partial charge in [0.25, 0.3) is 0 Å². The van der Waals surface area contributed by atoms with E-state index in [-0.39, 0.29) is 5.78 Å². The minimum absolute atomic E-state index is 0.0514. The predicted molar refractivity (Wildman–Crippen MR) is 78.3 cm³/mol. The quantitative estimate of drug-likeness (QED) is 0.631. The topological polar surface area (TPSA) is 33.2 Å². The van der Waals surface area contributed by atoms with Crippen molar-refractivity contribution in [2.24, 2.45) is 0 Å². The lowest BCUT2D eigenvalue weighted by atomic mass is 10.0. The summed E-state index contributed by atoms with van der Waals surface area (Å²) in [5.74, 6) is -0.0514. The fourth-order valence-corrected chi connectivity index (χ4v) is 2.41. The second kappa shape index (κ2) is 5.70. The van der Waals surface area contributed by atoms with Gasteiger partial charge in [-0.1, -0.05) is 30.3 Å². The molecule has 0 saturated heterocycles. The predicted octanol–water partition coefficient (Wildman–Crippen LogP) is 2.84. The van der Waals surface area contributed by atoms with Crippen LogP contribution >= 0.6 is 0 Å². The number of ketones is 1. The van der Waals surface area contributed by atoms with Crippen LogP contribution < -0.4 is 0 Å². The average molecular weight is 264 g/mol. The molecular formula is C17H16N2O. The van der Waals surface area contributed by atoms with E-state index in [2.05, 4.69) is 34.1 Å². The molecule has 3 heteroatoms. The number of rotatable bonds is 3. The highest BCUT2D eigenvalue weighted by Crippen LogP contribution is 2.18. The Morgan fingerprint density at radius 1 is 1.10 bits per heavy atom. The third kappa shape index (κ3) is 2.77. The van der Waals surface area contributed by atoms with Crippen LogP contribution in [0, 0.1) is 0 Å². The van der Waals surface area contributed by atoms with E-state index in [0.29, 0.717) is 5.69 Å². The fourth-order valence-electron chi connectivity index (χ4n) is 2.41. The maximum atomic E-state index is 12.0. The van der Waals surface area contributed by atoms with Crippen LogP contribution in [0.15, 0.2) is 60.9 Å². The minimum atomic E-state index is -0.0514. The van der Waals surface area contributed by atoms with Gasteiger partial charge in [-0.2, -0.15) is 0 Å². The highest BCUT2D eigenvalue weighted by molar-refractivity contribution is 6.02. The zero-order valence-corrected chi connectivity index (χ0v) is 11.2. The van der Waals surface area contributed by atoms with Gasteiger partial charge in [-0.3, -0.25) is 9.78 Å². The smallest absolute Gasteiger partial charge is 0.205 e. The normalized spacial score (nSPS) is 14.3. The Balaban J connectivity index is 1.68. The van der Waals surface area contributed by atoms with Gasteiger partial charge in [-0.25, -0.2) is 0 Å². The maximum absolute atomic E-state index is 12.0. The van der Waals surface area contributed by atoms with Gasteiger partial charge in [0.1, 0.15) is 5.69 Å². The molecule has 0 atom stereocenters. The van der Waals surface area contributed by atoms with Crippen LogP contribution in [0.25, 0.3) is 0 Å². The van der Waals surface area contributed by atoms with Gasteiger partial charge in [-0.15, -0.1) is 0 Å². The summed E-state index contributed by atoms with van der Waals surface area (Å²) < 4.78 is 0. The molecule has 0 N–H and O–H groups in total. The Kier molecular flexibility index (Phi) is 3.59. The van der Waals surface area contributed by atoms with Gasteiger partial charge in [0, 0.05) is 31.6 Å².